The normalized spacial score (nSPS) is 10.3. The first-order valence-electron chi connectivity index (χ1n) is 6.36. The molecule has 0 fully saturated rings. The van der Waals surface area contributed by atoms with Crippen molar-refractivity contribution in [3.05, 3.63) is 64.5 Å². The molecule has 3 nitrogen and oxygen atoms in total. The lowest BCUT2D eigenvalue weighted by Gasteiger charge is -2.10. The van der Waals surface area contributed by atoms with E-state index in [1.807, 2.05) is 13.8 Å². The Hall–Kier alpha value is -2.36. The molecule has 104 valence electrons. The third-order valence-electron chi connectivity index (χ3n) is 3.22. The molecular formula is C16H17FN2O. The summed E-state index contributed by atoms with van der Waals surface area (Å²) in [5, 5.41) is 3.14. The molecule has 0 aliphatic carbocycles. The number of nitrogens with two attached hydrogens (primary N) is 1. The standard InChI is InChI=1S/C16H17FN2O/c1-10-3-4-11(2)12(7-10)9-19-13-5-6-14(16(18)20)15(17)8-13/h3-8,19H,9H2,1-2H3,(H2,18,20). The molecular weight excluding hydrogens is 255 g/mol. The van der Waals surface area contributed by atoms with Crippen LogP contribution in [0.3, 0.4) is 0 Å². The summed E-state index contributed by atoms with van der Waals surface area (Å²) >= 11 is 0. The summed E-state index contributed by atoms with van der Waals surface area (Å²) in [4.78, 5) is 11.0. The number of hydrogen-bond acceptors (Lipinski definition) is 2. The van der Waals surface area contributed by atoms with Gasteiger partial charge in [-0.05, 0) is 43.2 Å². The van der Waals surface area contributed by atoms with Gasteiger partial charge >= 0.3 is 0 Å². The summed E-state index contributed by atoms with van der Waals surface area (Å²) in [5.74, 6) is -1.37. The van der Waals surface area contributed by atoms with Crippen LogP contribution >= 0.6 is 0 Å². The number of amides is 1. The third kappa shape index (κ3) is 3.15. The minimum Gasteiger partial charge on any atom is -0.381 e. The van der Waals surface area contributed by atoms with E-state index in [9.17, 15) is 9.18 Å². The van der Waals surface area contributed by atoms with Crippen molar-refractivity contribution in [2.24, 2.45) is 5.73 Å². The molecule has 3 N–H and O–H groups in total. The van der Waals surface area contributed by atoms with Gasteiger partial charge in [-0.25, -0.2) is 4.39 Å². The number of hydrogen-bond donors (Lipinski definition) is 2. The van der Waals surface area contributed by atoms with E-state index < -0.39 is 11.7 Å². The molecule has 0 heterocycles. The van der Waals surface area contributed by atoms with Crippen LogP contribution in [-0.2, 0) is 6.54 Å². The Morgan fingerprint density at radius 1 is 1.20 bits per heavy atom. The lowest BCUT2D eigenvalue weighted by atomic mass is 10.1. The van der Waals surface area contributed by atoms with Crippen LogP contribution in [0.15, 0.2) is 36.4 Å². The van der Waals surface area contributed by atoms with Crippen molar-refractivity contribution in [2.45, 2.75) is 20.4 Å². The fourth-order valence-electron chi connectivity index (χ4n) is 2.01. The zero-order chi connectivity index (χ0) is 14.7. The van der Waals surface area contributed by atoms with Crippen LogP contribution in [0.1, 0.15) is 27.0 Å². The quantitative estimate of drug-likeness (QED) is 0.898. The highest BCUT2D eigenvalue weighted by molar-refractivity contribution is 5.93. The molecule has 2 aromatic carbocycles. The Labute approximate surface area is 117 Å². The Kier molecular flexibility index (Phi) is 4.03. The second kappa shape index (κ2) is 5.74. The zero-order valence-corrected chi connectivity index (χ0v) is 11.5. The molecule has 1 amide bonds. The highest BCUT2D eigenvalue weighted by atomic mass is 19.1. The molecule has 2 rings (SSSR count). The van der Waals surface area contributed by atoms with E-state index in [0.717, 1.165) is 5.56 Å². The van der Waals surface area contributed by atoms with E-state index >= 15 is 0 Å². The van der Waals surface area contributed by atoms with Gasteiger partial charge in [-0.1, -0.05) is 23.8 Å². The number of halogens is 1. The molecule has 0 spiro atoms. The predicted molar refractivity (Wildman–Crippen MR) is 78.2 cm³/mol. The van der Waals surface area contributed by atoms with E-state index in [1.165, 1.54) is 23.3 Å². The van der Waals surface area contributed by atoms with Gasteiger partial charge in [0.15, 0.2) is 0 Å². The molecule has 0 aliphatic rings. The van der Waals surface area contributed by atoms with Gasteiger partial charge < -0.3 is 11.1 Å². The van der Waals surface area contributed by atoms with Gasteiger partial charge in [0.25, 0.3) is 5.91 Å². The molecule has 0 saturated carbocycles. The first-order chi connectivity index (χ1) is 9.47. The van der Waals surface area contributed by atoms with Gasteiger partial charge in [0, 0.05) is 12.2 Å². The van der Waals surface area contributed by atoms with Crippen LogP contribution in [0.5, 0.6) is 0 Å². The number of benzene rings is 2. The van der Waals surface area contributed by atoms with E-state index in [4.69, 9.17) is 5.73 Å². The van der Waals surface area contributed by atoms with Crippen LogP contribution in [0.4, 0.5) is 10.1 Å². The maximum absolute atomic E-state index is 13.6. The molecule has 0 saturated heterocycles. The van der Waals surface area contributed by atoms with Gasteiger partial charge in [0.2, 0.25) is 0 Å². The summed E-state index contributed by atoms with van der Waals surface area (Å²) < 4.78 is 13.6. The van der Waals surface area contributed by atoms with Crippen LogP contribution in [0.25, 0.3) is 0 Å². The Morgan fingerprint density at radius 2 is 1.95 bits per heavy atom. The number of anilines is 1. The number of rotatable bonds is 4. The molecule has 0 aromatic heterocycles. The Morgan fingerprint density at radius 3 is 2.60 bits per heavy atom. The molecule has 0 aliphatic heterocycles. The monoisotopic (exact) mass is 272 g/mol. The second-order valence-corrected chi connectivity index (χ2v) is 4.84. The number of carbonyl (C=O) groups excluding carboxylic acids is 1. The number of carbonyl (C=O) groups is 1. The van der Waals surface area contributed by atoms with Crippen LogP contribution in [0, 0.1) is 19.7 Å². The highest BCUT2D eigenvalue weighted by Gasteiger charge is 2.08. The van der Waals surface area contributed by atoms with Crippen molar-refractivity contribution in [2.75, 3.05) is 5.32 Å². The van der Waals surface area contributed by atoms with E-state index in [1.54, 1.807) is 6.07 Å². The van der Waals surface area contributed by atoms with Gasteiger partial charge in [-0.2, -0.15) is 0 Å². The molecule has 20 heavy (non-hydrogen) atoms. The smallest absolute Gasteiger partial charge is 0.251 e. The first-order valence-corrected chi connectivity index (χ1v) is 6.36. The lowest BCUT2D eigenvalue weighted by Crippen LogP contribution is -2.13. The second-order valence-electron chi connectivity index (χ2n) is 4.84. The van der Waals surface area contributed by atoms with E-state index in [0.29, 0.717) is 12.2 Å². The van der Waals surface area contributed by atoms with Crippen molar-refractivity contribution in [1.82, 2.24) is 0 Å². The summed E-state index contributed by atoms with van der Waals surface area (Å²) in [6.45, 7) is 4.67. The van der Waals surface area contributed by atoms with Crippen molar-refractivity contribution in [3.8, 4) is 0 Å². The zero-order valence-electron chi connectivity index (χ0n) is 11.5. The van der Waals surface area contributed by atoms with Gasteiger partial charge in [-0.3, -0.25) is 4.79 Å². The molecule has 4 heteroatoms. The summed E-state index contributed by atoms with van der Waals surface area (Å²) in [7, 11) is 0. The van der Waals surface area contributed by atoms with E-state index in [2.05, 4.69) is 23.5 Å². The van der Waals surface area contributed by atoms with Gasteiger partial charge in [-0.15, -0.1) is 0 Å². The summed E-state index contributed by atoms with van der Waals surface area (Å²) in [5.41, 5.74) is 9.11. The third-order valence-corrected chi connectivity index (χ3v) is 3.22. The van der Waals surface area contributed by atoms with Crippen molar-refractivity contribution in [1.29, 1.82) is 0 Å². The largest absolute Gasteiger partial charge is 0.381 e. The van der Waals surface area contributed by atoms with Crippen molar-refractivity contribution >= 4 is 11.6 Å². The van der Waals surface area contributed by atoms with E-state index in [-0.39, 0.29) is 5.56 Å². The van der Waals surface area contributed by atoms with Crippen LogP contribution in [-0.4, -0.2) is 5.91 Å². The number of nitrogens with one attached hydrogen (secondary N) is 1. The molecule has 0 unspecified atom stereocenters. The van der Waals surface area contributed by atoms with Crippen LogP contribution < -0.4 is 11.1 Å². The average Bonchev–Trinajstić information content (AvgIpc) is 2.39. The maximum Gasteiger partial charge on any atom is 0.251 e. The van der Waals surface area contributed by atoms with Crippen molar-refractivity contribution in [3.63, 3.8) is 0 Å². The SMILES string of the molecule is Cc1ccc(C)c(CNc2ccc(C(N)=O)c(F)c2)c1. The number of primary amides is 1. The molecule has 0 atom stereocenters. The molecule has 0 radical (unpaired) electrons. The minimum absolute atomic E-state index is 0.0951. The Balaban J connectivity index is 2.13. The minimum atomic E-state index is -0.761. The maximum atomic E-state index is 13.6. The van der Waals surface area contributed by atoms with Crippen molar-refractivity contribution < 1.29 is 9.18 Å². The van der Waals surface area contributed by atoms with Gasteiger partial charge in [0.1, 0.15) is 5.82 Å². The summed E-state index contributed by atoms with van der Waals surface area (Å²) in [6.07, 6.45) is 0. The Bertz CT molecular complexity index is 653. The topological polar surface area (TPSA) is 55.1 Å². The fourth-order valence-corrected chi connectivity index (χ4v) is 2.01. The number of aryl methyl sites for hydroxylation is 2. The van der Waals surface area contributed by atoms with Gasteiger partial charge in [0.05, 0.1) is 5.56 Å². The fraction of sp³-hybridized carbons (Fsp3) is 0.188. The average molecular weight is 272 g/mol. The first kappa shape index (κ1) is 14.1. The lowest BCUT2D eigenvalue weighted by molar-refractivity contribution is 0.0996. The predicted octanol–water partition coefficient (Wildman–Crippen LogP) is 3.15. The molecule has 2 aromatic rings. The van der Waals surface area contributed by atoms with Crippen LogP contribution in [0.2, 0.25) is 0 Å². The molecule has 0 bridgehead atoms. The highest BCUT2D eigenvalue weighted by Crippen LogP contribution is 2.17. The summed E-state index contributed by atoms with van der Waals surface area (Å²) in [6, 6.07) is 10.5.